The van der Waals surface area contributed by atoms with Crippen LogP contribution in [0.15, 0.2) is 24.3 Å². The Kier molecular flexibility index (Phi) is 5.33. The highest BCUT2D eigenvalue weighted by Crippen LogP contribution is 2.16. The number of anilines is 1. The van der Waals surface area contributed by atoms with E-state index in [9.17, 15) is 13.2 Å². The lowest BCUT2D eigenvalue weighted by Crippen LogP contribution is -2.16. The molecular weight excluding hydrogens is 290 g/mol. The molecule has 0 aliphatic carbocycles. The van der Waals surface area contributed by atoms with Crippen LogP contribution in [0.25, 0.3) is 0 Å². The van der Waals surface area contributed by atoms with Crippen LogP contribution in [-0.2, 0) is 20.6 Å². The second kappa shape index (κ2) is 7.02. The Balaban J connectivity index is 1.86. The largest absolute Gasteiger partial charge is 0.326 e. The van der Waals surface area contributed by atoms with Crippen LogP contribution in [0.1, 0.15) is 24.8 Å². The van der Waals surface area contributed by atoms with Crippen LogP contribution in [0, 0.1) is 5.92 Å². The molecule has 1 aromatic carbocycles. The van der Waals surface area contributed by atoms with Crippen LogP contribution in [0.3, 0.4) is 0 Å². The first-order valence-corrected chi connectivity index (χ1v) is 8.74. The third kappa shape index (κ3) is 5.82. The molecule has 1 amide bonds. The Labute approximate surface area is 125 Å². The molecule has 4 N–H and O–H groups in total. The number of carbonyl (C=O) groups is 1. The second-order valence-electron chi connectivity index (χ2n) is 5.45. The van der Waals surface area contributed by atoms with Crippen LogP contribution < -0.4 is 15.8 Å². The minimum Gasteiger partial charge on any atom is -0.326 e. The van der Waals surface area contributed by atoms with Gasteiger partial charge < -0.3 is 10.6 Å². The van der Waals surface area contributed by atoms with Crippen LogP contribution >= 0.6 is 0 Å². The molecule has 116 valence electrons. The lowest BCUT2D eigenvalue weighted by atomic mass is 10.0. The Bertz CT molecular complexity index is 595. The highest BCUT2D eigenvalue weighted by atomic mass is 32.2. The van der Waals surface area contributed by atoms with Gasteiger partial charge in [-0.05, 0) is 49.5 Å². The molecule has 1 aliphatic heterocycles. The zero-order chi connectivity index (χ0) is 15.3. The fraction of sp³-hybridized carbons (Fsp3) is 0.500. The minimum atomic E-state index is -3.56. The van der Waals surface area contributed by atoms with Crippen molar-refractivity contribution in [2.45, 2.75) is 25.0 Å². The summed E-state index contributed by atoms with van der Waals surface area (Å²) in [7, 11) is -3.56. The Morgan fingerprint density at radius 1 is 1.43 bits per heavy atom. The molecule has 7 heteroatoms. The molecular formula is C14H21N3O3S. The molecule has 6 nitrogen and oxygen atoms in total. The van der Waals surface area contributed by atoms with Crippen molar-refractivity contribution in [3.05, 3.63) is 29.8 Å². The smallest absolute Gasteiger partial charge is 0.224 e. The zero-order valence-corrected chi connectivity index (χ0v) is 12.7. The minimum absolute atomic E-state index is 0.0466. The molecule has 2 rings (SSSR count). The summed E-state index contributed by atoms with van der Waals surface area (Å²) >= 11 is 0. The molecule has 1 saturated heterocycles. The third-order valence-corrected chi connectivity index (χ3v) is 4.26. The van der Waals surface area contributed by atoms with Gasteiger partial charge in [0, 0.05) is 12.1 Å². The summed E-state index contributed by atoms with van der Waals surface area (Å²) in [5.41, 5.74) is 1.17. The Hall–Kier alpha value is -1.44. The molecule has 0 radical (unpaired) electrons. The number of primary sulfonamides is 1. The summed E-state index contributed by atoms with van der Waals surface area (Å²) in [5.74, 6) is 0.295. The van der Waals surface area contributed by atoms with E-state index in [1.54, 1.807) is 24.3 Å². The number of nitrogens with one attached hydrogen (secondary N) is 2. The Morgan fingerprint density at radius 3 is 2.90 bits per heavy atom. The predicted octanol–water partition coefficient (Wildman–Crippen LogP) is 0.803. The molecule has 1 fully saturated rings. The first-order valence-electron chi connectivity index (χ1n) is 7.02. The number of hydrogen-bond acceptors (Lipinski definition) is 4. The number of hydrogen-bond donors (Lipinski definition) is 3. The van der Waals surface area contributed by atoms with Crippen molar-refractivity contribution in [3.8, 4) is 0 Å². The van der Waals surface area contributed by atoms with Gasteiger partial charge in [-0.2, -0.15) is 0 Å². The van der Waals surface area contributed by atoms with Gasteiger partial charge in [0.2, 0.25) is 15.9 Å². The molecule has 0 bridgehead atoms. The zero-order valence-electron chi connectivity index (χ0n) is 11.8. The molecule has 1 atom stereocenters. The van der Waals surface area contributed by atoms with Crippen LogP contribution in [0.4, 0.5) is 5.69 Å². The van der Waals surface area contributed by atoms with Gasteiger partial charge in [-0.15, -0.1) is 0 Å². The van der Waals surface area contributed by atoms with Crippen molar-refractivity contribution in [3.63, 3.8) is 0 Å². The van der Waals surface area contributed by atoms with Crippen molar-refractivity contribution in [1.82, 2.24) is 5.32 Å². The fourth-order valence-electron chi connectivity index (χ4n) is 2.49. The standard InChI is InChI=1S/C14H21N3O3S/c15-21(19,20)10-12-2-1-3-13(8-12)17-14(18)5-4-11-6-7-16-9-11/h1-3,8,11,16H,4-7,9-10H2,(H,17,18)(H2,15,19,20). The van der Waals surface area contributed by atoms with Gasteiger partial charge in [0.15, 0.2) is 0 Å². The maximum Gasteiger partial charge on any atom is 0.224 e. The van der Waals surface area contributed by atoms with Gasteiger partial charge in [-0.1, -0.05) is 12.1 Å². The van der Waals surface area contributed by atoms with Gasteiger partial charge in [0.05, 0.1) is 5.75 Å². The maximum absolute atomic E-state index is 11.9. The van der Waals surface area contributed by atoms with E-state index in [0.717, 1.165) is 25.9 Å². The van der Waals surface area contributed by atoms with E-state index in [4.69, 9.17) is 5.14 Å². The molecule has 0 aromatic heterocycles. The van der Waals surface area contributed by atoms with Crippen LogP contribution in [-0.4, -0.2) is 27.4 Å². The number of nitrogens with two attached hydrogens (primary N) is 1. The summed E-state index contributed by atoms with van der Waals surface area (Å²) in [6.07, 6.45) is 2.47. The van der Waals surface area contributed by atoms with Gasteiger partial charge in [-0.25, -0.2) is 13.6 Å². The van der Waals surface area contributed by atoms with E-state index in [-0.39, 0.29) is 11.7 Å². The summed E-state index contributed by atoms with van der Waals surface area (Å²) in [6.45, 7) is 2.01. The maximum atomic E-state index is 11.9. The highest BCUT2D eigenvalue weighted by Gasteiger charge is 2.15. The molecule has 1 unspecified atom stereocenters. The van der Waals surface area contributed by atoms with E-state index in [0.29, 0.717) is 23.6 Å². The van der Waals surface area contributed by atoms with Gasteiger partial charge >= 0.3 is 0 Å². The van der Waals surface area contributed by atoms with Crippen LogP contribution in [0.5, 0.6) is 0 Å². The summed E-state index contributed by atoms with van der Waals surface area (Å²) in [6, 6.07) is 6.75. The van der Waals surface area contributed by atoms with E-state index < -0.39 is 10.0 Å². The average Bonchev–Trinajstić information content (AvgIpc) is 2.87. The predicted molar refractivity (Wildman–Crippen MR) is 82.1 cm³/mol. The molecule has 0 saturated carbocycles. The van der Waals surface area contributed by atoms with Crippen molar-refractivity contribution < 1.29 is 13.2 Å². The number of rotatable bonds is 6. The van der Waals surface area contributed by atoms with Crippen molar-refractivity contribution >= 4 is 21.6 Å². The van der Waals surface area contributed by atoms with E-state index in [2.05, 4.69) is 10.6 Å². The summed E-state index contributed by atoms with van der Waals surface area (Å²) in [5, 5.41) is 11.1. The number of amides is 1. The number of benzene rings is 1. The van der Waals surface area contributed by atoms with Crippen LogP contribution in [0.2, 0.25) is 0 Å². The van der Waals surface area contributed by atoms with Gasteiger partial charge in [-0.3, -0.25) is 4.79 Å². The molecule has 1 aliphatic rings. The van der Waals surface area contributed by atoms with E-state index in [1.807, 2.05) is 0 Å². The quantitative estimate of drug-likeness (QED) is 0.723. The van der Waals surface area contributed by atoms with E-state index in [1.165, 1.54) is 0 Å². The number of sulfonamides is 1. The normalized spacial score (nSPS) is 18.6. The first-order chi connectivity index (χ1) is 9.92. The molecule has 0 spiro atoms. The second-order valence-corrected chi connectivity index (χ2v) is 7.07. The third-order valence-electron chi connectivity index (χ3n) is 3.52. The molecule has 1 aromatic rings. The molecule has 21 heavy (non-hydrogen) atoms. The topological polar surface area (TPSA) is 101 Å². The fourth-order valence-corrected chi connectivity index (χ4v) is 3.13. The highest BCUT2D eigenvalue weighted by molar-refractivity contribution is 7.88. The van der Waals surface area contributed by atoms with Crippen molar-refractivity contribution in [1.29, 1.82) is 0 Å². The lowest BCUT2D eigenvalue weighted by molar-refractivity contribution is -0.116. The number of carbonyl (C=O) groups excluding carboxylic acids is 1. The first kappa shape index (κ1) is 15.9. The average molecular weight is 311 g/mol. The van der Waals surface area contributed by atoms with Crippen molar-refractivity contribution in [2.24, 2.45) is 11.1 Å². The Morgan fingerprint density at radius 2 is 2.24 bits per heavy atom. The SMILES string of the molecule is NS(=O)(=O)Cc1cccc(NC(=O)CCC2CCNC2)c1. The van der Waals surface area contributed by atoms with Crippen molar-refractivity contribution in [2.75, 3.05) is 18.4 Å². The summed E-state index contributed by atoms with van der Waals surface area (Å²) < 4.78 is 22.1. The van der Waals surface area contributed by atoms with Gasteiger partial charge in [0.25, 0.3) is 0 Å². The van der Waals surface area contributed by atoms with E-state index >= 15 is 0 Å². The lowest BCUT2D eigenvalue weighted by Gasteiger charge is -2.09. The summed E-state index contributed by atoms with van der Waals surface area (Å²) in [4.78, 5) is 11.9. The monoisotopic (exact) mass is 311 g/mol. The van der Waals surface area contributed by atoms with Gasteiger partial charge in [0.1, 0.15) is 0 Å². The molecule has 1 heterocycles.